The highest BCUT2D eigenvalue weighted by Gasteiger charge is 2.21. The quantitative estimate of drug-likeness (QED) is 0.690. The number of aryl methyl sites for hydroxylation is 1. The van der Waals surface area contributed by atoms with Gasteiger partial charge in [0, 0.05) is 38.8 Å². The predicted molar refractivity (Wildman–Crippen MR) is 108 cm³/mol. The third-order valence-corrected chi connectivity index (χ3v) is 4.91. The van der Waals surface area contributed by atoms with Crippen LogP contribution in [0.1, 0.15) is 35.7 Å². The number of anilines is 1. The minimum atomic E-state index is -0.354. The first-order chi connectivity index (χ1) is 13.7. The normalized spacial score (nSPS) is 14.0. The second-order valence-corrected chi connectivity index (χ2v) is 6.83. The maximum absolute atomic E-state index is 12.5. The van der Waals surface area contributed by atoms with Crippen LogP contribution in [0.2, 0.25) is 0 Å². The Labute approximate surface area is 166 Å². The van der Waals surface area contributed by atoms with Crippen molar-refractivity contribution in [3.05, 3.63) is 59.8 Å². The van der Waals surface area contributed by atoms with Crippen LogP contribution in [-0.4, -0.2) is 54.5 Å². The molecule has 1 aliphatic rings. The zero-order valence-corrected chi connectivity index (χ0v) is 16.3. The summed E-state index contributed by atoms with van der Waals surface area (Å²) in [7, 11) is 0. The number of esters is 1. The molecular formula is C22H27N3O3. The maximum atomic E-state index is 12.5. The van der Waals surface area contributed by atoms with E-state index in [4.69, 9.17) is 4.74 Å². The summed E-state index contributed by atoms with van der Waals surface area (Å²) in [5, 5.41) is 0. The number of hydrogen-bond donors (Lipinski definition) is 0. The standard InChI is InChI=1S/C22H27N3O3/c1-2-28-22(27)19-11-12-20(23-17-19)24-13-15-25(16-14-24)21(26)10-6-9-18-7-4-3-5-8-18/h3-5,7-8,11-12,17H,2,6,9-10,13-16H2,1H3. The molecule has 3 rings (SSSR count). The fourth-order valence-corrected chi connectivity index (χ4v) is 3.34. The molecule has 0 saturated carbocycles. The van der Waals surface area contributed by atoms with Crippen molar-refractivity contribution in [3.8, 4) is 0 Å². The van der Waals surface area contributed by atoms with E-state index in [9.17, 15) is 9.59 Å². The van der Waals surface area contributed by atoms with Crippen LogP contribution in [0.25, 0.3) is 0 Å². The molecule has 2 aromatic rings. The predicted octanol–water partition coefficient (Wildman–Crippen LogP) is 2.93. The molecule has 0 aliphatic carbocycles. The summed E-state index contributed by atoms with van der Waals surface area (Å²) < 4.78 is 4.98. The van der Waals surface area contributed by atoms with Crippen LogP contribution in [0, 0.1) is 0 Å². The summed E-state index contributed by atoms with van der Waals surface area (Å²) in [5.41, 5.74) is 1.73. The van der Waals surface area contributed by atoms with Gasteiger partial charge < -0.3 is 14.5 Å². The van der Waals surface area contributed by atoms with Gasteiger partial charge in [0.15, 0.2) is 0 Å². The van der Waals surface area contributed by atoms with Crippen molar-refractivity contribution in [1.82, 2.24) is 9.88 Å². The van der Waals surface area contributed by atoms with Crippen LogP contribution in [0.5, 0.6) is 0 Å². The zero-order valence-electron chi connectivity index (χ0n) is 16.3. The molecule has 1 aromatic heterocycles. The second-order valence-electron chi connectivity index (χ2n) is 6.83. The molecular weight excluding hydrogens is 354 g/mol. The van der Waals surface area contributed by atoms with Gasteiger partial charge in [0.05, 0.1) is 12.2 Å². The highest BCUT2D eigenvalue weighted by molar-refractivity contribution is 5.89. The van der Waals surface area contributed by atoms with Crippen molar-refractivity contribution in [2.45, 2.75) is 26.2 Å². The molecule has 1 aromatic carbocycles. The molecule has 1 saturated heterocycles. The molecule has 0 unspecified atom stereocenters. The van der Waals surface area contributed by atoms with E-state index in [0.717, 1.165) is 31.7 Å². The van der Waals surface area contributed by atoms with E-state index in [0.29, 0.717) is 31.7 Å². The first-order valence-electron chi connectivity index (χ1n) is 9.87. The SMILES string of the molecule is CCOC(=O)c1ccc(N2CCN(C(=O)CCCc3ccccc3)CC2)nc1. The van der Waals surface area contributed by atoms with E-state index < -0.39 is 0 Å². The number of benzene rings is 1. The Bertz CT molecular complexity index is 769. The van der Waals surface area contributed by atoms with Crippen molar-refractivity contribution in [2.24, 2.45) is 0 Å². The fraction of sp³-hybridized carbons (Fsp3) is 0.409. The average molecular weight is 381 g/mol. The number of hydrogen-bond acceptors (Lipinski definition) is 5. The Morgan fingerprint density at radius 2 is 1.79 bits per heavy atom. The third kappa shape index (κ3) is 5.31. The van der Waals surface area contributed by atoms with Gasteiger partial charge in [-0.25, -0.2) is 9.78 Å². The Morgan fingerprint density at radius 1 is 1.04 bits per heavy atom. The van der Waals surface area contributed by atoms with Gasteiger partial charge in [-0.05, 0) is 37.5 Å². The van der Waals surface area contributed by atoms with E-state index >= 15 is 0 Å². The first kappa shape index (κ1) is 19.9. The van der Waals surface area contributed by atoms with Gasteiger partial charge >= 0.3 is 5.97 Å². The first-order valence-corrected chi connectivity index (χ1v) is 9.87. The average Bonchev–Trinajstić information content (AvgIpc) is 2.75. The lowest BCUT2D eigenvalue weighted by Gasteiger charge is -2.35. The minimum Gasteiger partial charge on any atom is -0.462 e. The number of ether oxygens (including phenoxy) is 1. The molecule has 1 amide bonds. The highest BCUT2D eigenvalue weighted by Crippen LogP contribution is 2.16. The largest absolute Gasteiger partial charge is 0.462 e. The van der Waals surface area contributed by atoms with Crippen LogP contribution >= 0.6 is 0 Å². The molecule has 0 spiro atoms. The maximum Gasteiger partial charge on any atom is 0.339 e. The monoisotopic (exact) mass is 381 g/mol. The summed E-state index contributed by atoms with van der Waals surface area (Å²) in [6, 6.07) is 13.8. The zero-order chi connectivity index (χ0) is 19.8. The minimum absolute atomic E-state index is 0.223. The number of aromatic nitrogens is 1. The van der Waals surface area contributed by atoms with Gasteiger partial charge in [-0.2, -0.15) is 0 Å². The number of nitrogens with zero attached hydrogens (tertiary/aromatic N) is 3. The van der Waals surface area contributed by atoms with Crippen molar-refractivity contribution >= 4 is 17.7 Å². The van der Waals surface area contributed by atoms with Gasteiger partial charge in [0.25, 0.3) is 0 Å². The lowest BCUT2D eigenvalue weighted by atomic mass is 10.1. The van der Waals surface area contributed by atoms with E-state index in [1.807, 2.05) is 29.2 Å². The van der Waals surface area contributed by atoms with Gasteiger partial charge in [0.2, 0.25) is 5.91 Å². The number of piperazine rings is 1. The van der Waals surface area contributed by atoms with Gasteiger partial charge in [-0.3, -0.25) is 4.79 Å². The van der Waals surface area contributed by atoms with E-state index in [2.05, 4.69) is 22.0 Å². The van der Waals surface area contributed by atoms with Crippen LogP contribution in [0.3, 0.4) is 0 Å². The van der Waals surface area contributed by atoms with E-state index in [1.54, 1.807) is 19.2 Å². The number of carbonyl (C=O) groups is 2. The lowest BCUT2D eigenvalue weighted by Crippen LogP contribution is -2.49. The van der Waals surface area contributed by atoms with Crippen molar-refractivity contribution < 1.29 is 14.3 Å². The van der Waals surface area contributed by atoms with Crippen LogP contribution in [0.4, 0.5) is 5.82 Å². The highest BCUT2D eigenvalue weighted by atomic mass is 16.5. The fourth-order valence-electron chi connectivity index (χ4n) is 3.34. The number of pyridine rings is 1. The van der Waals surface area contributed by atoms with Crippen LogP contribution < -0.4 is 4.90 Å². The number of carbonyl (C=O) groups excluding carboxylic acids is 2. The lowest BCUT2D eigenvalue weighted by molar-refractivity contribution is -0.131. The number of rotatable bonds is 7. The van der Waals surface area contributed by atoms with E-state index in [1.165, 1.54) is 5.56 Å². The van der Waals surface area contributed by atoms with Crippen molar-refractivity contribution in [3.63, 3.8) is 0 Å². The molecule has 6 heteroatoms. The Balaban J connectivity index is 1.43. The van der Waals surface area contributed by atoms with Crippen molar-refractivity contribution in [2.75, 3.05) is 37.7 Å². The molecule has 0 bridgehead atoms. The van der Waals surface area contributed by atoms with Crippen LogP contribution in [0.15, 0.2) is 48.7 Å². The molecule has 28 heavy (non-hydrogen) atoms. The summed E-state index contributed by atoms with van der Waals surface area (Å²) in [4.78, 5) is 32.6. The second kappa shape index (κ2) is 9.88. The van der Waals surface area contributed by atoms with Gasteiger partial charge in [-0.1, -0.05) is 30.3 Å². The Morgan fingerprint density at radius 3 is 2.43 bits per heavy atom. The third-order valence-electron chi connectivity index (χ3n) is 4.91. The molecule has 0 atom stereocenters. The number of amides is 1. The molecule has 6 nitrogen and oxygen atoms in total. The summed E-state index contributed by atoms with van der Waals surface area (Å²) in [6.45, 7) is 5.02. The Hall–Kier alpha value is -2.89. The van der Waals surface area contributed by atoms with Crippen molar-refractivity contribution in [1.29, 1.82) is 0 Å². The van der Waals surface area contributed by atoms with Gasteiger partial charge in [-0.15, -0.1) is 0 Å². The molecule has 148 valence electrons. The topological polar surface area (TPSA) is 62.7 Å². The van der Waals surface area contributed by atoms with Gasteiger partial charge in [0.1, 0.15) is 5.82 Å². The Kier molecular flexibility index (Phi) is 7.00. The molecule has 0 N–H and O–H groups in total. The smallest absolute Gasteiger partial charge is 0.339 e. The van der Waals surface area contributed by atoms with Crippen LogP contribution in [-0.2, 0) is 16.0 Å². The molecule has 1 aliphatic heterocycles. The molecule has 1 fully saturated rings. The molecule has 2 heterocycles. The molecule has 0 radical (unpaired) electrons. The summed E-state index contributed by atoms with van der Waals surface area (Å²) >= 11 is 0. The summed E-state index contributed by atoms with van der Waals surface area (Å²) in [6.07, 6.45) is 3.94. The summed E-state index contributed by atoms with van der Waals surface area (Å²) in [5.74, 6) is 0.692. The van der Waals surface area contributed by atoms with E-state index in [-0.39, 0.29) is 11.9 Å².